The van der Waals surface area contributed by atoms with Crippen LogP contribution in [0.5, 0.6) is 0 Å². The fourth-order valence-corrected chi connectivity index (χ4v) is 1.09. The second-order valence-electron chi connectivity index (χ2n) is 4.55. The number of amidine groups is 1. The van der Waals surface area contributed by atoms with Crippen LogP contribution in [0.1, 0.15) is 31.9 Å². The van der Waals surface area contributed by atoms with Crippen LogP contribution in [0.4, 0.5) is 4.79 Å². The predicted octanol–water partition coefficient (Wildman–Crippen LogP) is 1.59. The Bertz CT molecular complexity index is 524. The van der Waals surface area contributed by atoms with Crippen molar-refractivity contribution in [2.24, 2.45) is 10.7 Å². The first-order chi connectivity index (χ1) is 8.31. The van der Waals surface area contributed by atoms with Gasteiger partial charge in [0.25, 0.3) is 0 Å². The highest BCUT2D eigenvalue weighted by molar-refractivity contribution is 6.02. The Morgan fingerprint density at radius 3 is 2.72 bits per heavy atom. The van der Waals surface area contributed by atoms with Gasteiger partial charge in [-0.15, -0.1) is 0 Å². The Hall–Kier alpha value is -2.42. The molecule has 0 aliphatic heterocycles. The van der Waals surface area contributed by atoms with Crippen molar-refractivity contribution in [3.63, 3.8) is 0 Å². The summed E-state index contributed by atoms with van der Waals surface area (Å²) in [6.07, 6.45) is 2.04. The summed E-state index contributed by atoms with van der Waals surface area (Å²) in [4.78, 5) is 18.8. The average Bonchev–Trinajstić information content (AvgIpc) is 2.26. The Morgan fingerprint density at radius 1 is 1.50 bits per heavy atom. The molecule has 0 bridgehead atoms. The normalized spacial score (nSPS) is 11.8. The van der Waals surface area contributed by atoms with Crippen LogP contribution in [0.3, 0.4) is 0 Å². The van der Waals surface area contributed by atoms with Crippen molar-refractivity contribution in [1.29, 1.82) is 5.26 Å². The molecular formula is C12H14N4O2. The maximum Gasteiger partial charge on any atom is 0.436 e. The van der Waals surface area contributed by atoms with Crippen molar-refractivity contribution in [1.82, 2.24) is 4.98 Å². The number of hydrogen-bond donors (Lipinski definition) is 1. The Kier molecular flexibility index (Phi) is 4.00. The molecule has 0 saturated carbocycles. The van der Waals surface area contributed by atoms with Crippen LogP contribution >= 0.6 is 0 Å². The minimum atomic E-state index is -0.776. The third-order valence-corrected chi connectivity index (χ3v) is 1.77. The van der Waals surface area contributed by atoms with Crippen LogP contribution in [0, 0.1) is 11.3 Å². The fourth-order valence-electron chi connectivity index (χ4n) is 1.09. The topological polar surface area (TPSA) is 101 Å². The fraction of sp³-hybridized carbons (Fsp3) is 0.333. The Labute approximate surface area is 105 Å². The van der Waals surface area contributed by atoms with Gasteiger partial charge in [0.05, 0.1) is 5.56 Å². The lowest BCUT2D eigenvalue weighted by molar-refractivity contribution is 0.0604. The van der Waals surface area contributed by atoms with E-state index in [1.54, 1.807) is 20.8 Å². The molecule has 0 aromatic carbocycles. The van der Waals surface area contributed by atoms with Gasteiger partial charge in [0.1, 0.15) is 17.5 Å². The number of nitrogens with two attached hydrogens (primary N) is 1. The van der Waals surface area contributed by atoms with E-state index in [9.17, 15) is 4.79 Å². The number of carbonyl (C=O) groups is 1. The summed E-state index contributed by atoms with van der Waals surface area (Å²) in [5.41, 5.74) is 5.75. The molecule has 0 fully saturated rings. The summed E-state index contributed by atoms with van der Waals surface area (Å²) in [5, 5.41) is 8.72. The van der Waals surface area contributed by atoms with Gasteiger partial charge in [-0.05, 0) is 26.8 Å². The molecule has 0 unspecified atom stereocenters. The van der Waals surface area contributed by atoms with Crippen LogP contribution in [0.25, 0.3) is 0 Å². The van der Waals surface area contributed by atoms with E-state index in [2.05, 4.69) is 9.98 Å². The number of aromatic nitrogens is 1. The molecule has 1 aromatic rings. The summed E-state index contributed by atoms with van der Waals surface area (Å²) in [6, 6.07) is 3.42. The van der Waals surface area contributed by atoms with E-state index in [1.807, 2.05) is 6.07 Å². The smallest absolute Gasteiger partial charge is 0.436 e. The first-order valence-corrected chi connectivity index (χ1v) is 5.24. The highest BCUT2D eigenvalue weighted by Crippen LogP contribution is 2.08. The number of hydrogen-bond acceptors (Lipinski definition) is 4. The summed E-state index contributed by atoms with van der Waals surface area (Å²) >= 11 is 0. The molecule has 1 aromatic heterocycles. The Balaban J connectivity index is 2.89. The zero-order valence-electron chi connectivity index (χ0n) is 10.5. The molecule has 0 spiro atoms. The highest BCUT2D eigenvalue weighted by Gasteiger charge is 2.16. The Morgan fingerprint density at radius 2 is 2.17 bits per heavy atom. The maximum atomic E-state index is 11.4. The molecule has 1 heterocycles. The summed E-state index contributed by atoms with van der Waals surface area (Å²) in [7, 11) is 0. The molecule has 1 amide bonds. The first kappa shape index (κ1) is 13.6. The zero-order valence-corrected chi connectivity index (χ0v) is 10.5. The number of carbonyl (C=O) groups excluding carboxylic acids is 1. The maximum absolute atomic E-state index is 11.4. The van der Waals surface area contributed by atoms with Crippen molar-refractivity contribution in [3.8, 4) is 6.07 Å². The standard InChI is InChI=1S/C12H14N4O2/c1-12(2,3)18-11(17)16-10(14)9-4-8(5-13)6-15-7-9/h4,6-7H,1-3H3,(H2,14,16,17). The lowest BCUT2D eigenvalue weighted by atomic mass is 10.2. The van der Waals surface area contributed by atoms with Crippen LogP contribution in [-0.2, 0) is 4.74 Å². The minimum Gasteiger partial charge on any atom is -0.442 e. The van der Waals surface area contributed by atoms with Crippen molar-refractivity contribution >= 4 is 11.9 Å². The van der Waals surface area contributed by atoms with Gasteiger partial charge < -0.3 is 10.5 Å². The summed E-state index contributed by atoms with van der Waals surface area (Å²) in [6.45, 7) is 5.19. The highest BCUT2D eigenvalue weighted by atomic mass is 16.6. The van der Waals surface area contributed by atoms with Crippen molar-refractivity contribution in [2.75, 3.05) is 0 Å². The zero-order chi connectivity index (χ0) is 13.8. The van der Waals surface area contributed by atoms with E-state index in [0.717, 1.165) is 0 Å². The van der Waals surface area contributed by atoms with Crippen LogP contribution < -0.4 is 5.73 Å². The van der Waals surface area contributed by atoms with E-state index < -0.39 is 11.7 Å². The molecule has 0 aliphatic rings. The van der Waals surface area contributed by atoms with Crippen LogP contribution in [-0.4, -0.2) is 22.5 Å². The molecule has 94 valence electrons. The van der Waals surface area contributed by atoms with E-state index in [4.69, 9.17) is 15.7 Å². The number of rotatable bonds is 1. The number of nitrogens with zero attached hydrogens (tertiary/aromatic N) is 3. The third kappa shape index (κ3) is 4.22. The largest absolute Gasteiger partial charge is 0.442 e. The van der Waals surface area contributed by atoms with Gasteiger partial charge in [-0.1, -0.05) is 0 Å². The van der Waals surface area contributed by atoms with E-state index in [0.29, 0.717) is 11.1 Å². The quantitative estimate of drug-likeness (QED) is 0.599. The SMILES string of the molecule is CC(C)(C)OC(=O)N=C(N)c1cncc(C#N)c1. The number of amides is 1. The number of nitriles is 1. The average molecular weight is 246 g/mol. The van der Waals surface area contributed by atoms with E-state index in [-0.39, 0.29) is 5.84 Å². The summed E-state index contributed by atoms with van der Waals surface area (Å²) < 4.78 is 4.99. The van der Waals surface area contributed by atoms with Gasteiger partial charge in [0.15, 0.2) is 0 Å². The van der Waals surface area contributed by atoms with E-state index >= 15 is 0 Å². The molecular weight excluding hydrogens is 232 g/mol. The number of aliphatic imine (C=N–C) groups is 1. The molecule has 0 saturated heterocycles. The van der Waals surface area contributed by atoms with Gasteiger partial charge in [-0.2, -0.15) is 10.3 Å². The molecule has 2 N–H and O–H groups in total. The second-order valence-corrected chi connectivity index (χ2v) is 4.55. The minimum absolute atomic E-state index is 0.0335. The molecule has 6 heteroatoms. The van der Waals surface area contributed by atoms with Crippen molar-refractivity contribution < 1.29 is 9.53 Å². The van der Waals surface area contributed by atoms with Gasteiger partial charge in [-0.3, -0.25) is 4.98 Å². The number of pyridine rings is 1. The summed E-state index contributed by atoms with van der Waals surface area (Å²) in [5.74, 6) is -0.0335. The van der Waals surface area contributed by atoms with Crippen LogP contribution in [0.2, 0.25) is 0 Å². The molecule has 0 radical (unpaired) electrons. The number of ether oxygens (including phenoxy) is 1. The molecule has 0 aliphatic carbocycles. The monoisotopic (exact) mass is 246 g/mol. The lowest BCUT2D eigenvalue weighted by Gasteiger charge is -2.17. The van der Waals surface area contributed by atoms with E-state index in [1.165, 1.54) is 18.5 Å². The van der Waals surface area contributed by atoms with Gasteiger partial charge in [-0.25, -0.2) is 4.79 Å². The van der Waals surface area contributed by atoms with Crippen molar-refractivity contribution in [2.45, 2.75) is 26.4 Å². The van der Waals surface area contributed by atoms with Gasteiger partial charge >= 0.3 is 6.09 Å². The second kappa shape index (κ2) is 5.27. The molecule has 0 atom stereocenters. The van der Waals surface area contributed by atoms with Gasteiger partial charge in [0.2, 0.25) is 0 Å². The van der Waals surface area contributed by atoms with Crippen molar-refractivity contribution in [3.05, 3.63) is 29.6 Å². The molecule has 6 nitrogen and oxygen atoms in total. The molecule has 18 heavy (non-hydrogen) atoms. The van der Waals surface area contributed by atoms with Gasteiger partial charge in [0, 0.05) is 18.0 Å². The first-order valence-electron chi connectivity index (χ1n) is 5.24. The lowest BCUT2D eigenvalue weighted by Crippen LogP contribution is -2.24. The predicted molar refractivity (Wildman–Crippen MR) is 65.9 cm³/mol. The molecule has 1 rings (SSSR count). The third-order valence-electron chi connectivity index (χ3n) is 1.77. The van der Waals surface area contributed by atoms with Crippen LogP contribution in [0.15, 0.2) is 23.5 Å².